The van der Waals surface area contributed by atoms with Gasteiger partial charge in [0.2, 0.25) is 0 Å². The van der Waals surface area contributed by atoms with Gasteiger partial charge in [0.25, 0.3) is 0 Å². The lowest BCUT2D eigenvalue weighted by Crippen LogP contribution is -2.04. The van der Waals surface area contributed by atoms with Gasteiger partial charge in [-0.15, -0.1) is 11.8 Å². The van der Waals surface area contributed by atoms with Crippen molar-refractivity contribution < 1.29 is 0 Å². The van der Waals surface area contributed by atoms with Crippen molar-refractivity contribution in [3.8, 4) is 0 Å². The average Bonchev–Trinajstić information content (AvgIpc) is 2.29. The molecule has 0 aliphatic carbocycles. The van der Waals surface area contributed by atoms with Crippen molar-refractivity contribution >= 4 is 33.5 Å². The van der Waals surface area contributed by atoms with Crippen LogP contribution < -0.4 is 5.32 Å². The highest BCUT2D eigenvalue weighted by Crippen LogP contribution is 2.30. The smallest absolute Gasteiger partial charge is 0.144 e. The van der Waals surface area contributed by atoms with Gasteiger partial charge in [-0.1, -0.05) is 20.8 Å². The first-order valence-corrected chi connectivity index (χ1v) is 7.80. The van der Waals surface area contributed by atoms with Crippen LogP contribution in [0.5, 0.6) is 0 Å². The van der Waals surface area contributed by atoms with Gasteiger partial charge in [0.05, 0.1) is 4.47 Å². The quantitative estimate of drug-likeness (QED) is 0.604. The molecule has 0 atom stereocenters. The highest BCUT2D eigenvalue weighted by atomic mass is 79.9. The van der Waals surface area contributed by atoms with Crippen LogP contribution in [0.2, 0.25) is 0 Å². The minimum absolute atomic E-state index is 0.737. The Morgan fingerprint density at radius 3 is 2.82 bits per heavy atom. The molecule has 0 bridgehead atoms. The molecule has 0 fully saturated rings. The highest BCUT2D eigenvalue weighted by molar-refractivity contribution is 9.10. The Hall–Kier alpha value is -0.290. The van der Waals surface area contributed by atoms with E-state index in [4.69, 9.17) is 0 Å². The van der Waals surface area contributed by atoms with Gasteiger partial charge < -0.3 is 5.32 Å². The van der Waals surface area contributed by atoms with E-state index in [9.17, 15) is 0 Å². The van der Waals surface area contributed by atoms with Crippen molar-refractivity contribution in [3.05, 3.63) is 10.8 Å². The Morgan fingerprint density at radius 1 is 1.41 bits per heavy atom. The standard InChI is InChI=1S/C12H20BrN3S/c1-4-6-14-11-10(13)12(16-8-15-11)17-7-5-9(2)3/h8-9H,4-7H2,1-3H3,(H,14,15,16). The first kappa shape index (κ1) is 14.8. The molecule has 17 heavy (non-hydrogen) atoms. The minimum Gasteiger partial charge on any atom is -0.369 e. The SMILES string of the molecule is CCCNc1ncnc(SCCC(C)C)c1Br. The van der Waals surface area contributed by atoms with Crippen LogP contribution >= 0.6 is 27.7 Å². The molecule has 0 saturated carbocycles. The summed E-state index contributed by atoms with van der Waals surface area (Å²) in [6.45, 7) is 7.56. The van der Waals surface area contributed by atoms with E-state index >= 15 is 0 Å². The molecule has 0 unspecified atom stereocenters. The number of halogens is 1. The molecule has 5 heteroatoms. The summed E-state index contributed by atoms with van der Waals surface area (Å²) in [6, 6.07) is 0. The molecule has 0 amide bonds. The fraction of sp³-hybridized carbons (Fsp3) is 0.667. The maximum atomic E-state index is 4.31. The molecule has 1 rings (SSSR count). The molecule has 0 aliphatic rings. The van der Waals surface area contributed by atoms with Gasteiger partial charge in [0.15, 0.2) is 0 Å². The zero-order chi connectivity index (χ0) is 12.7. The number of thioether (sulfide) groups is 1. The van der Waals surface area contributed by atoms with Crippen molar-refractivity contribution in [2.45, 2.75) is 38.6 Å². The third-order valence-electron chi connectivity index (χ3n) is 2.23. The van der Waals surface area contributed by atoms with Crippen molar-refractivity contribution in [2.75, 3.05) is 17.6 Å². The summed E-state index contributed by atoms with van der Waals surface area (Å²) in [5.74, 6) is 2.73. The van der Waals surface area contributed by atoms with Crippen molar-refractivity contribution in [2.24, 2.45) is 5.92 Å². The molecule has 0 saturated heterocycles. The van der Waals surface area contributed by atoms with Gasteiger partial charge in [-0.05, 0) is 40.4 Å². The zero-order valence-electron chi connectivity index (χ0n) is 10.7. The zero-order valence-corrected chi connectivity index (χ0v) is 13.1. The Labute approximate surface area is 116 Å². The van der Waals surface area contributed by atoms with E-state index < -0.39 is 0 Å². The van der Waals surface area contributed by atoms with E-state index in [1.807, 2.05) is 0 Å². The number of hydrogen-bond donors (Lipinski definition) is 1. The second kappa shape index (κ2) is 7.93. The molecule has 0 aliphatic heterocycles. The second-order valence-electron chi connectivity index (χ2n) is 4.30. The molecular formula is C12H20BrN3S. The third kappa shape index (κ3) is 5.25. The summed E-state index contributed by atoms with van der Waals surface area (Å²) >= 11 is 5.36. The molecule has 3 nitrogen and oxygen atoms in total. The number of hydrogen-bond acceptors (Lipinski definition) is 4. The summed E-state index contributed by atoms with van der Waals surface area (Å²) in [5.41, 5.74) is 0. The van der Waals surface area contributed by atoms with Crippen LogP contribution in [0.3, 0.4) is 0 Å². The lowest BCUT2D eigenvalue weighted by Gasteiger charge is -2.09. The van der Waals surface area contributed by atoms with Gasteiger partial charge in [-0.3, -0.25) is 0 Å². The molecule has 0 aromatic carbocycles. The Balaban J connectivity index is 2.59. The molecule has 1 aromatic heterocycles. The van der Waals surface area contributed by atoms with E-state index in [0.717, 1.165) is 40.0 Å². The largest absolute Gasteiger partial charge is 0.369 e. The summed E-state index contributed by atoms with van der Waals surface area (Å²) in [5, 5.41) is 4.32. The van der Waals surface area contributed by atoms with Gasteiger partial charge >= 0.3 is 0 Å². The third-order valence-corrected chi connectivity index (χ3v) is 4.27. The minimum atomic E-state index is 0.737. The van der Waals surface area contributed by atoms with Crippen LogP contribution in [0.1, 0.15) is 33.6 Å². The molecule has 96 valence electrons. The topological polar surface area (TPSA) is 37.8 Å². The van der Waals surface area contributed by atoms with Crippen LogP contribution in [0.15, 0.2) is 15.8 Å². The number of rotatable bonds is 7. The Kier molecular flexibility index (Phi) is 6.89. The van der Waals surface area contributed by atoms with Crippen LogP contribution in [0, 0.1) is 5.92 Å². The molecular weight excluding hydrogens is 298 g/mol. The van der Waals surface area contributed by atoms with E-state index in [1.165, 1.54) is 6.42 Å². The first-order valence-electron chi connectivity index (χ1n) is 6.02. The van der Waals surface area contributed by atoms with E-state index in [2.05, 4.69) is 52.0 Å². The van der Waals surface area contributed by atoms with Crippen LogP contribution in [0.25, 0.3) is 0 Å². The fourth-order valence-electron chi connectivity index (χ4n) is 1.21. The van der Waals surface area contributed by atoms with Crippen molar-refractivity contribution in [3.63, 3.8) is 0 Å². The molecule has 1 N–H and O–H groups in total. The Bertz CT molecular complexity index is 345. The maximum absolute atomic E-state index is 4.31. The van der Waals surface area contributed by atoms with E-state index in [1.54, 1.807) is 18.1 Å². The normalized spacial score (nSPS) is 10.9. The summed E-state index contributed by atoms with van der Waals surface area (Å²) in [7, 11) is 0. The summed E-state index contributed by atoms with van der Waals surface area (Å²) in [6.07, 6.45) is 3.92. The fourth-order valence-corrected chi connectivity index (χ4v) is 3.03. The van der Waals surface area contributed by atoms with Crippen molar-refractivity contribution in [1.29, 1.82) is 0 Å². The van der Waals surface area contributed by atoms with E-state index in [0.29, 0.717) is 0 Å². The summed E-state index contributed by atoms with van der Waals surface area (Å²) in [4.78, 5) is 8.55. The Morgan fingerprint density at radius 2 is 2.18 bits per heavy atom. The highest BCUT2D eigenvalue weighted by Gasteiger charge is 2.08. The monoisotopic (exact) mass is 317 g/mol. The second-order valence-corrected chi connectivity index (χ2v) is 6.18. The van der Waals surface area contributed by atoms with Crippen LogP contribution in [-0.4, -0.2) is 22.3 Å². The van der Waals surface area contributed by atoms with Gasteiger partial charge in [-0.2, -0.15) is 0 Å². The van der Waals surface area contributed by atoms with Crippen LogP contribution in [-0.2, 0) is 0 Å². The lowest BCUT2D eigenvalue weighted by atomic mass is 10.2. The predicted molar refractivity (Wildman–Crippen MR) is 78.7 cm³/mol. The molecule has 1 aromatic rings. The predicted octanol–water partition coefficient (Wildman–Crippen LogP) is 4.20. The van der Waals surface area contributed by atoms with Crippen molar-refractivity contribution in [1.82, 2.24) is 9.97 Å². The van der Waals surface area contributed by atoms with Crippen LogP contribution in [0.4, 0.5) is 5.82 Å². The molecule has 0 radical (unpaired) electrons. The number of nitrogens with zero attached hydrogens (tertiary/aromatic N) is 2. The molecule has 1 heterocycles. The number of nitrogens with one attached hydrogen (secondary N) is 1. The summed E-state index contributed by atoms with van der Waals surface area (Å²) < 4.78 is 0.988. The van der Waals surface area contributed by atoms with E-state index in [-0.39, 0.29) is 0 Å². The first-order chi connectivity index (χ1) is 8.15. The van der Waals surface area contributed by atoms with Gasteiger partial charge in [0, 0.05) is 6.54 Å². The van der Waals surface area contributed by atoms with Gasteiger partial charge in [0.1, 0.15) is 17.2 Å². The number of aromatic nitrogens is 2. The number of anilines is 1. The lowest BCUT2D eigenvalue weighted by molar-refractivity contribution is 0.632. The molecule has 0 spiro atoms. The maximum Gasteiger partial charge on any atom is 0.144 e. The van der Waals surface area contributed by atoms with Gasteiger partial charge in [-0.25, -0.2) is 9.97 Å². The average molecular weight is 318 g/mol.